The smallest absolute Gasteiger partial charge is 0.253 e. The van der Waals surface area contributed by atoms with Crippen LogP contribution in [-0.2, 0) is 0 Å². The van der Waals surface area contributed by atoms with Crippen molar-refractivity contribution in [3.8, 4) is 0 Å². The van der Waals surface area contributed by atoms with E-state index in [4.69, 9.17) is 0 Å². The Balaban J connectivity index is 1.94. The molecule has 98 valence electrons. The van der Waals surface area contributed by atoms with Gasteiger partial charge in [0.05, 0.1) is 0 Å². The minimum Gasteiger partial charge on any atom is -0.338 e. The zero-order valence-electron chi connectivity index (χ0n) is 11.1. The van der Waals surface area contributed by atoms with E-state index in [0.29, 0.717) is 5.92 Å². The Bertz CT molecular complexity index is 377. The molecule has 0 spiro atoms. The van der Waals surface area contributed by atoms with Crippen molar-refractivity contribution in [2.75, 3.05) is 26.7 Å². The summed E-state index contributed by atoms with van der Waals surface area (Å²) in [6, 6.07) is 9.60. The van der Waals surface area contributed by atoms with E-state index in [2.05, 4.69) is 5.32 Å². The number of benzene rings is 1. The number of carbonyl (C=O) groups is 1. The average Bonchev–Trinajstić information content (AvgIpc) is 2.45. The molecule has 1 saturated heterocycles. The first-order valence-corrected chi connectivity index (χ1v) is 6.80. The molecule has 1 aromatic carbocycles. The highest BCUT2D eigenvalue weighted by Gasteiger charge is 2.23. The van der Waals surface area contributed by atoms with Crippen LogP contribution in [-0.4, -0.2) is 37.5 Å². The fraction of sp³-hybridized carbons (Fsp3) is 0.533. The molecule has 1 aliphatic rings. The molecule has 0 bridgehead atoms. The highest BCUT2D eigenvalue weighted by Crippen LogP contribution is 2.20. The van der Waals surface area contributed by atoms with Crippen molar-refractivity contribution < 1.29 is 4.79 Å². The lowest BCUT2D eigenvalue weighted by Crippen LogP contribution is -2.40. The molecule has 1 unspecified atom stereocenters. The standard InChI is InChI=1S/C15H22N2O/c1-16-10-9-13-6-5-11-17(12-13)15(18)14-7-3-2-4-8-14/h2-4,7-8,13,16H,5-6,9-12H2,1H3. The van der Waals surface area contributed by atoms with Crippen LogP contribution in [0.3, 0.4) is 0 Å². The van der Waals surface area contributed by atoms with Crippen LogP contribution < -0.4 is 5.32 Å². The zero-order chi connectivity index (χ0) is 12.8. The van der Waals surface area contributed by atoms with Crippen LogP contribution in [0.15, 0.2) is 30.3 Å². The Hall–Kier alpha value is -1.35. The molecule has 2 rings (SSSR count). The molecule has 3 heteroatoms. The maximum Gasteiger partial charge on any atom is 0.253 e. The van der Waals surface area contributed by atoms with Crippen LogP contribution >= 0.6 is 0 Å². The number of rotatable bonds is 4. The van der Waals surface area contributed by atoms with Crippen molar-refractivity contribution >= 4 is 5.91 Å². The Morgan fingerprint density at radius 1 is 1.39 bits per heavy atom. The van der Waals surface area contributed by atoms with Gasteiger partial charge in [-0.05, 0) is 50.9 Å². The molecule has 1 amide bonds. The summed E-state index contributed by atoms with van der Waals surface area (Å²) in [5.74, 6) is 0.837. The summed E-state index contributed by atoms with van der Waals surface area (Å²) in [5, 5.41) is 3.19. The zero-order valence-corrected chi connectivity index (χ0v) is 11.1. The summed E-state index contributed by atoms with van der Waals surface area (Å²) in [6.07, 6.45) is 3.54. The molecule has 0 radical (unpaired) electrons. The van der Waals surface area contributed by atoms with Gasteiger partial charge in [-0.1, -0.05) is 18.2 Å². The summed E-state index contributed by atoms with van der Waals surface area (Å²) < 4.78 is 0. The molecule has 1 N–H and O–H groups in total. The number of hydrogen-bond donors (Lipinski definition) is 1. The maximum absolute atomic E-state index is 12.3. The van der Waals surface area contributed by atoms with E-state index < -0.39 is 0 Å². The van der Waals surface area contributed by atoms with Crippen LogP contribution in [0.1, 0.15) is 29.6 Å². The topological polar surface area (TPSA) is 32.3 Å². The molecule has 1 aromatic rings. The number of hydrogen-bond acceptors (Lipinski definition) is 2. The third-order valence-electron chi connectivity index (χ3n) is 3.63. The number of nitrogens with one attached hydrogen (secondary N) is 1. The van der Waals surface area contributed by atoms with Crippen molar-refractivity contribution in [2.24, 2.45) is 5.92 Å². The van der Waals surface area contributed by atoms with Crippen LogP contribution in [0.4, 0.5) is 0 Å². The van der Waals surface area contributed by atoms with E-state index >= 15 is 0 Å². The largest absolute Gasteiger partial charge is 0.338 e. The Morgan fingerprint density at radius 3 is 2.89 bits per heavy atom. The lowest BCUT2D eigenvalue weighted by atomic mass is 9.94. The van der Waals surface area contributed by atoms with Gasteiger partial charge in [-0.3, -0.25) is 4.79 Å². The third-order valence-corrected chi connectivity index (χ3v) is 3.63. The summed E-state index contributed by atoms with van der Waals surface area (Å²) in [7, 11) is 1.98. The Kier molecular flexibility index (Phi) is 4.76. The maximum atomic E-state index is 12.3. The minimum atomic E-state index is 0.185. The predicted octanol–water partition coefficient (Wildman–Crippen LogP) is 2.15. The molecular weight excluding hydrogens is 224 g/mol. The first-order valence-electron chi connectivity index (χ1n) is 6.80. The minimum absolute atomic E-state index is 0.185. The van der Waals surface area contributed by atoms with Gasteiger partial charge >= 0.3 is 0 Å². The van der Waals surface area contributed by atoms with Gasteiger partial charge in [0.15, 0.2) is 0 Å². The van der Waals surface area contributed by atoms with E-state index in [1.165, 1.54) is 6.42 Å². The molecule has 18 heavy (non-hydrogen) atoms. The molecule has 1 aliphatic heterocycles. The SMILES string of the molecule is CNCCC1CCCN(C(=O)c2ccccc2)C1. The predicted molar refractivity (Wildman–Crippen MR) is 73.6 cm³/mol. The van der Waals surface area contributed by atoms with Gasteiger partial charge < -0.3 is 10.2 Å². The number of nitrogens with zero attached hydrogens (tertiary/aromatic N) is 1. The van der Waals surface area contributed by atoms with E-state index in [1.54, 1.807) is 0 Å². The normalized spacial score (nSPS) is 19.8. The van der Waals surface area contributed by atoms with Crippen molar-refractivity contribution in [3.05, 3.63) is 35.9 Å². The van der Waals surface area contributed by atoms with E-state index in [1.807, 2.05) is 42.3 Å². The second-order valence-corrected chi connectivity index (χ2v) is 5.02. The van der Waals surface area contributed by atoms with Crippen molar-refractivity contribution in [1.29, 1.82) is 0 Å². The highest BCUT2D eigenvalue weighted by molar-refractivity contribution is 5.94. The molecule has 3 nitrogen and oxygen atoms in total. The Morgan fingerprint density at radius 2 is 2.17 bits per heavy atom. The summed E-state index contributed by atoms with van der Waals surface area (Å²) in [5.41, 5.74) is 0.812. The van der Waals surface area contributed by atoms with Gasteiger partial charge in [-0.15, -0.1) is 0 Å². The summed E-state index contributed by atoms with van der Waals surface area (Å²) in [6.45, 7) is 2.86. The second kappa shape index (κ2) is 6.55. The lowest BCUT2D eigenvalue weighted by molar-refractivity contribution is 0.0668. The average molecular weight is 246 g/mol. The number of amides is 1. The highest BCUT2D eigenvalue weighted by atomic mass is 16.2. The van der Waals surface area contributed by atoms with Crippen molar-refractivity contribution in [1.82, 2.24) is 10.2 Å². The van der Waals surface area contributed by atoms with Gasteiger partial charge in [0.1, 0.15) is 0 Å². The number of carbonyl (C=O) groups excluding carboxylic acids is 1. The van der Waals surface area contributed by atoms with E-state index in [9.17, 15) is 4.79 Å². The molecule has 0 aliphatic carbocycles. The third kappa shape index (κ3) is 3.33. The van der Waals surface area contributed by atoms with Gasteiger partial charge in [0, 0.05) is 18.7 Å². The Labute approximate surface area is 109 Å². The molecule has 1 heterocycles. The van der Waals surface area contributed by atoms with Crippen molar-refractivity contribution in [3.63, 3.8) is 0 Å². The molecule has 1 atom stereocenters. The molecule has 1 fully saturated rings. The van der Waals surface area contributed by atoms with Gasteiger partial charge in [-0.25, -0.2) is 0 Å². The summed E-state index contributed by atoms with van der Waals surface area (Å²) >= 11 is 0. The second-order valence-electron chi connectivity index (χ2n) is 5.02. The van der Waals surface area contributed by atoms with Crippen LogP contribution in [0.5, 0.6) is 0 Å². The van der Waals surface area contributed by atoms with Crippen LogP contribution in [0.25, 0.3) is 0 Å². The van der Waals surface area contributed by atoms with Gasteiger partial charge in [-0.2, -0.15) is 0 Å². The summed E-state index contributed by atoms with van der Waals surface area (Å²) in [4.78, 5) is 14.3. The van der Waals surface area contributed by atoms with Crippen molar-refractivity contribution in [2.45, 2.75) is 19.3 Å². The quantitative estimate of drug-likeness (QED) is 0.883. The molecular formula is C15H22N2O. The fourth-order valence-electron chi connectivity index (χ4n) is 2.60. The van der Waals surface area contributed by atoms with Gasteiger partial charge in [0.2, 0.25) is 0 Å². The van der Waals surface area contributed by atoms with E-state index in [0.717, 1.165) is 38.0 Å². The first-order chi connectivity index (χ1) is 8.81. The number of likely N-dealkylation sites (tertiary alicyclic amines) is 1. The van der Waals surface area contributed by atoms with Crippen LogP contribution in [0.2, 0.25) is 0 Å². The van der Waals surface area contributed by atoms with Gasteiger partial charge in [0.25, 0.3) is 5.91 Å². The monoisotopic (exact) mass is 246 g/mol. The van der Waals surface area contributed by atoms with E-state index in [-0.39, 0.29) is 5.91 Å². The number of piperidine rings is 1. The molecule has 0 saturated carbocycles. The lowest BCUT2D eigenvalue weighted by Gasteiger charge is -2.33. The first kappa shape index (κ1) is 13.1. The van der Waals surface area contributed by atoms with Crippen LogP contribution in [0, 0.1) is 5.92 Å². The molecule has 0 aromatic heterocycles. The fourth-order valence-corrected chi connectivity index (χ4v) is 2.60.